The number of ether oxygens (including phenoxy) is 1. The predicted molar refractivity (Wildman–Crippen MR) is 97.1 cm³/mol. The number of nitrogens with zero attached hydrogens (tertiary/aromatic N) is 1. The van der Waals surface area contributed by atoms with Gasteiger partial charge in [0.15, 0.2) is 0 Å². The molecule has 0 heterocycles. The first-order valence-electron chi connectivity index (χ1n) is 8.44. The number of amides is 1. The van der Waals surface area contributed by atoms with Crippen LogP contribution in [0.15, 0.2) is 22.7 Å². The topological polar surface area (TPSA) is 41.6 Å². The summed E-state index contributed by atoms with van der Waals surface area (Å²) in [5.74, 6) is 0.631. The maximum absolute atomic E-state index is 12.3. The summed E-state index contributed by atoms with van der Waals surface area (Å²) >= 11 is 3.42. The molecule has 0 saturated heterocycles. The summed E-state index contributed by atoms with van der Waals surface area (Å²) in [5.41, 5.74) is 0.616. The summed E-state index contributed by atoms with van der Waals surface area (Å²) in [6.07, 6.45) is 7.71. The quantitative estimate of drug-likeness (QED) is 0.728. The number of benzene rings is 1. The van der Waals surface area contributed by atoms with Crippen LogP contribution < -0.4 is 10.1 Å². The van der Waals surface area contributed by atoms with Crippen molar-refractivity contribution in [3.63, 3.8) is 0 Å². The lowest BCUT2D eigenvalue weighted by atomic mass is 9.94. The molecule has 4 nitrogen and oxygen atoms in total. The first-order valence-corrected chi connectivity index (χ1v) is 9.23. The molecule has 0 unspecified atom stereocenters. The summed E-state index contributed by atoms with van der Waals surface area (Å²) < 4.78 is 5.96. The van der Waals surface area contributed by atoms with Gasteiger partial charge in [-0.1, -0.05) is 19.3 Å². The van der Waals surface area contributed by atoms with Gasteiger partial charge < -0.3 is 15.0 Å². The fraction of sp³-hybridized carbons (Fsp3) is 0.611. The first kappa shape index (κ1) is 18.3. The first-order chi connectivity index (χ1) is 11.1. The SMILES string of the molecule is COc1ccc(Br)c(C(=O)NCCCN(C)C2CCCCC2)c1. The third kappa shape index (κ3) is 5.50. The molecule has 0 bridgehead atoms. The van der Waals surface area contributed by atoms with Gasteiger partial charge in [0.25, 0.3) is 5.91 Å². The molecular formula is C18H27BrN2O2. The largest absolute Gasteiger partial charge is 0.497 e. The Balaban J connectivity index is 1.74. The lowest BCUT2D eigenvalue weighted by Gasteiger charge is -2.31. The molecule has 0 aliphatic heterocycles. The molecule has 1 aromatic rings. The third-order valence-electron chi connectivity index (χ3n) is 4.59. The lowest BCUT2D eigenvalue weighted by molar-refractivity contribution is 0.0949. The van der Waals surface area contributed by atoms with Gasteiger partial charge in [-0.15, -0.1) is 0 Å². The smallest absolute Gasteiger partial charge is 0.252 e. The highest BCUT2D eigenvalue weighted by molar-refractivity contribution is 9.10. The second kappa shape index (κ2) is 9.28. The van der Waals surface area contributed by atoms with Crippen LogP contribution in [-0.4, -0.2) is 44.1 Å². The van der Waals surface area contributed by atoms with Crippen molar-refractivity contribution in [1.29, 1.82) is 0 Å². The molecule has 0 aromatic heterocycles. The van der Waals surface area contributed by atoms with Gasteiger partial charge in [-0.05, 0) is 67.0 Å². The summed E-state index contributed by atoms with van der Waals surface area (Å²) in [5, 5.41) is 3.00. The maximum Gasteiger partial charge on any atom is 0.252 e. The molecule has 1 N–H and O–H groups in total. The molecule has 23 heavy (non-hydrogen) atoms. The highest BCUT2D eigenvalue weighted by Crippen LogP contribution is 2.23. The normalized spacial score (nSPS) is 15.7. The van der Waals surface area contributed by atoms with Crippen LogP contribution in [0.4, 0.5) is 0 Å². The fourth-order valence-corrected chi connectivity index (χ4v) is 3.56. The zero-order valence-corrected chi connectivity index (χ0v) is 15.7. The second-order valence-corrected chi connectivity index (χ2v) is 7.08. The van der Waals surface area contributed by atoms with Crippen LogP contribution in [0, 0.1) is 0 Å². The van der Waals surface area contributed by atoms with Crippen LogP contribution >= 0.6 is 15.9 Å². The average Bonchev–Trinajstić information content (AvgIpc) is 2.59. The number of nitrogens with one attached hydrogen (secondary N) is 1. The van der Waals surface area contributed by atoms with Crippen LogP contribution in [0.2, 0.25) is 0 Å². The van der Waals surface area contributed by atoms with Gasteiger partial charge in [-0.25, -0.2) is 0 Å². The standard InChI is InChI=1S/C18H27BrN2O2/c1-21(14-7-4-3-5-8-14)12-6-11-20-18(22)16-13-15(23-2)9-10-17(16)19/h9-10,13-14H,3-8,11-12H2,1-2H3,(H,20,22). The van der Waals surface area contributed by atoms with Gasteiger partial charge in [0.05, 0.1) is 12.7 Å². The Morgan fingerprint density at radius 3 is 2.78 bits per heavy atom. The molecule has 1 aliphatic rings. The van der Waals surface area contributed by atoms with E-state index in [2.05, 4.69) is 33.2 Å². The average molecular weight is 383 g/mol. The Labute approximate surface area is 147 Å². The van der Waals surface area contributed by atoms with Crippen LogP contribution in [0.25, 0.3) is 0 Å². The third-order valence-corrected chi connectivity index (χ3v) is 5.28. The predicted octanol–water partition coefficient (Wildman–Crippen LogP) is 3.84. The van der Waals surface area contributed by atoms with Crippen molar-refractivity contribution >= 4 is 21.8 Å². The molecule has 0 atom stereocenters. The molecule has 1 aromatic carbocycles. The molecule has 0 radical (unpaired) electrons. The Morgan fingerprint density at radius 2 is 2.09 bits per heavy atom. The second-order valence-electron chi connectivity index (χ2n) is 6.23. The Morgan fingerprint density at radius 1 is 1.35 bits per heavy atom. The molecule has 1 fully saturated rings. The summed E-state index contributed by atoms with van der Waals surface area (Å²) in [4.78, 5) is 14.7. The minimum Gasteiger partial charge on any atom is -0.497 e. The van der Waals surface area contributed by atoms with Crippen LogP contribution in [-0.2, 0) is 0 Å². The summed E-state index contributed by atoms with van der Waals surface area (Å²) in [6, 6.07) is 6.16. The van der Waals surface area contributed by atoms with E-state index in [9.17, 15) is 4.79 Å². The highest BCUT2D eigenvalue weighted by Gasteiger charge is 2.17. The zero-order valence-electron chi connectivity index (χ0n) is 14.1. The van der Waals surface area contributed by atoms with E-state index in [0.717, 1.165) is 23.5 Å². The van der Waals surface area contributed by atoms with Crippen molar-refractivity contribution in [2.75, 3.05) is 27.2 Å². The van der Waals surface area contributed by atoms with E-state index in [4.69, 9.17) is 4.74 Å². The number of rotatable bonds is 7. The van der Waals surface area contributed by atoms with Gasteiger partial charge in [0.1, 0.15) is 5.75 Å². The molecule has 1 amide bonds. The van der Waals surface area contributed by atoms with Gasteiger partial charge in [-0.3, -0.25) is 4.79 Å². The van der Waals surface area contributed by atoms with Crippen LogP contribution in [0.5, 0.6) is 5.75 Å². The minimum absolute atomic E-state index is 0.0592. The molecule has 5 heteroatoms. The van der Waals surface area contributed by atoms with Crippen molar-refractivity contribution < 1.29 is 9.53 Å². The maximum atomic E-state index is 12.3. The van der Waals surface area contributed by atoms with Gasteiger partial charge >= 0.3 is 0 Å². The highest BCUT2D eigenvalue weighted by atomic mass is 79.9. The Hall–Kier alpha value is -1.07. The monoisotopic (exact) mass is 382 g/mol. The number of methoxy groups -OCH3 is 1. The number of hydrogen-bond donors (Lipinski definition) is 1. The number of hydrogen-bond acceptors (Lipinski definition) is 3. The van der Waals surface area contributed by atoms with E-state index in [1.54, 1.807) is 13.2 Å². The Bertz CT molecular complexity index is 516. The van der Waals surface area contributed by atoms with Crippen LogP contribution in [0.3, 0.4) is 0 Å². The van der Waals surface area contributed by atoms with E-state index in [0.29, 0.717) is 17.9 Å². The van der Waals surface area contributed by atoms with E-state index in [1.807, 2.05) is 12.1 Å². The Kier molecular flexibility index (Phi) is 7.37. The van der Waals surface area contributed by atoms with Crippen molar-refractivity contribution in [2.45, 2.75) is 44.6 Å². The van der Waals surface area contributed by atoms with E-state index in [-0.39, 0.29) is 5.91 Å². The van der Waals surface area contributed by atoms with E-state index < -0.39 is 0 Å². The van der Waals surface area contributed by atoms with Crippen molar-refractivity contribution in [3.05, 3.63) is 28.2 Å². The molecule has 1 saturated carbocycles. The lowest BCUT2D eigenvalue weighted by Crippen LogP contribution is -2.35. The summed E-state index contributed by atoms with van der Waals surface area (Å²) in [6.45, 7) is 1.73. The molecule has 1 aliphatic carbocycles. The molecule has 0 spiro atoms. The molecule has 2 rings (SSSR count). The van der Waals surface area contributed by atoms with Crippen LogP contribution in [0.1, 0.15) is 48.9 Å². The van der Waals surface area contributed by atoms with Crippen molar-refractivity contribution in [1.82, 2.24) is 10.2 Å². The van der Waals surface area contributed by atoms with Crippen molar-refractivity contribution in [3.8, 4) is 5.75 Å². The number of carbonyl (C=O) groups is 1. The van der Waals surface area contributed by atoms with Crippen molar-refractivity contribution in [2.24, 2.45) is 0 Å². The molecule has 128 valence electrons. The fourth-order valence-electron chi connectivity index (χ4n) is 3.14. The van der Waals surface area contributed by atoms with Gasteiger partial charge in [0.2, 0.25) is 0 Å². The van der Waals surface area contributed by atoms with Gasteiger partial charge in [-0.2, -0.15) is 0 Å². The van der Waals surface area contributed by atoms with Gasteiger partial charge in [0, 0.05) is 17.1 Å². The molecular weight excluding hydrogens is 356 g/mol. The minimum atomic E-state index is -0.0592. The summed E-state index contributed by atoms with van der Waals surface area (Å²) in [7, 11) is 3.81. The van der Waals surface area contributed by atoms with E-state index >= 15 is 0 Å². The number of carbonyl (C=O) groups excluding carboxylic acids is 1. The zero-order chi connectivity index (χ0) is 16.7. The van der Waals surface area contributed by atoms with E-state index in [1.165, 1.54) is 32.1 Å². The number of halogens is 1.